The summed E-state index contributed by atoms with van der Waals surface area (Å²) in [4.78, 5) is 12.5. The first kappa shape index (κ1) is 14.5. The van der Waals surface area contributed by atoms with Gasteiger partial charge in [-0.15, -0.1) is 0 Å². The molecular weight excluding hydrogens is 280 g/mol. The lowest BCUT2D eigenvalue weighted by Crippen LogP contribution is -2.15. The molecule has 22 heavy (non-hydrogen) atoms. The standard InChI is InChI=1S/C17H20N2O3/c1-21-14-6-3-11(10-15(14)22-2)9-12-4-5-13(16(12)20)17-18-7-8-19-17/h3,6,9-10,18-19H,4-5,7-8H2,1-2H3/b12-9+. The minimum absolute atomic E-state index is 0.131. The van der Waals surface area contributed by atoms with Crippen LogP contribution in [-0.2, 0) is 4.79 Å². The van der Waals surface area contributed by atoms with E-state index in [4.69, 9.17) is 9.47 Å². The molecule has 3 rings (SSSR count). The highest BCUT2D eigenvalue weighted by Crippen LogP contribution is 2.32. The largest absolute Gasteiger partial charge is 0.493 e. The van der Waals surface area contributed by atoms with E-state index in [2.05, 4.69) is 10.6 Å². The fraction of sp³-hybridized carbons (Fsp3) is 0.353. The maximum atomic E-state index is 12.5. The lowest BCUT2D eigenvalue weighted by Gasteiger charge is -2.08. The summed E-state index contributed by atoms with van der Waals surface area (Å²) < 4.78 is 10.5. The number of rotatable bonds is 3. The Bertz CT molecular complexity index is 654. The minimum Gasteiger partial charge on any atom is -0.493 e. The molecule has 5 nitrogen and oxygen atoms in total. The Morgan fingerprint density at radius 1 is 1.05 bits per heavy atom. The first-order valence-corrected chi connectivity index (χ1v) is 7.41. The third-order valence-electron chi connectivity index (χ3n) is 3.99. The molecule has 0 spiro atoms. The molecule has 1 aromatic rings. The molecule has 1 saturated heterocycles. The maximum Gasteiger partial charge on any atom is 0.188 e. The predicted octanol–water partition coefficient (Wildman–Crippen LogP) is 1.85. The molecule has 5 heteroatoms. The van der Waals surface area contributed by atoms with Crippen LogP contribution < -0.4 is 20.1 Å². The second-order valence-corrected chi connectivity index (χ2v) is 5.32. The highest BCUT2D eigenvalue weighted by Gasteiger charge is 2.27. The van der Waals surface area contributed by atoms with Gasteiger partial charge in [0, 0.05) is 24.2 Å². The number of carbonyl (C=O) groups excluding carboxylic acids is 1. The first-order valence-electron chi connectivity index (χ1n) is 7.41. The minimum atomic E-state index is 0.131. The molecule has 1 aliphatic heterocycles. The monoisotopic (exact) mass is 300 g/mol. The zero-order valence-electron chi connectivity index (χ0n) is 12.9. The number of hydrogen-bond acceptors (Lipinski definition) is 5. The zero-order valence-corrected chi connectivity index (χ0v) is 12.9. The van der Waals surface area contributed by atoms with Gasteiger partial charge in [-0.05, 0) is 36.6 Å². The number of ketones is 1. The topological polar surface area (TPSA) is 59.6 Å². The lowest BCUT2D eigenvalue weighted by molar-refractivity contribution is -0.111. The fourth-order valence-corrected chi connectivity index (χ4v) is 2.85. The molecule has 0 bridgehead atoms. The molecule has 1 aromatic carbocycles. The lowest BCUT2D eigenvalue weighted by atomic mass is 10.1. The summed E-state index contributed by atoms with van der Waals surface area (Å²) in [6, 6.07) is 5.67. The summed E-state index contributed by atoms with van der Waals surface area (Å²) in [5, 5.41) is 6.46. The van der Waals surface area contributed by atoms with Crippen LogP contribution in [0.2, 0.25) is 0 Å². The van der Waals surface area contributed by atoms with Crippen molar-refractivity contribution >= 4 is 11.9 Å². The molecule has 0 atom stereocenters. The molecule has 0 radical (unpaired) electrons. The van der Waals surface area contributed by atoms with E-state index < -0.39 is 0 Å². The van der Waals surface area contributed by atoms with Crippen molar-refractivity contribution in [1.29, 1.82) is 0 Å². The number of methoxy groups -OCH3 is 2. The molecule has 2 fully saturated rings. The van der Waals surface area contributed by atoms with Crippen molar-refractivity contribution in [3.63, 3.8) is 0 Å². The molecule has 0 unspecified atom stereocenters. The molecule has 2 N–H and O–H groups in total. The molecule has 1 heterocycles. The van der Waals surface area contributed by atoms with E-state index in [1.54, 1.807) is 14.2 Å². The van der Waals surface area contributed by atoms with Crippen molar-refractivity contribution in [1.82, 2.24) is 10.6 Å². The molecule has 1 aliphatic carbocycles. The van der Waals surface area contributed by atoms with Gasteiger partial charge in [0.1, 0.15) is 5.82 Å². The van der Waals surface area contributed by atoms with E-state index in [-0.39, 0.29) is 5.78 Å². The van der Waals surface area contributed by atoms with Crippen LogP contribution >= 0.6 is 0 Å². The van der Waals surface area contributed by atoms with Crippen molar-refractivity contribution in [2.75, 3.05) is 27.3 Å². The summed E-state index contributed by atoms with van der Waals surface area (Å²) in [6.45, 7) is 1.75. The Morgan fingerprint density at radius 2 is 1.77 bits per heavy atom. The highest BCUT2D eigenvalue weighted by atomic mass is 16.5. The number of hydrogen-bond donors (Lipinski definition) is 2. The van der Waals surface area contributed by atoms with E-state index in [0.717, 1.165) is 48.5 Å². The SMILES string of the molecule is COc1ccc(/C=C2\CCC(=C3NCCN3)C2=O)cc1OC. The maximum absolute atomic E-state index is 12.5. The van der Waals surface area contributed by atoms with Crippen molar-refractivity contribution in [3.05, 3.63) is 40.7 Å². The van der Waals surface area contributed by atoms with Crippen LogP contribution in [0.1, 0.15) is 18.4 Å². The average Bonchev–Trinajstić information content (AvgIpc) is 3.18. The molecule has 2 aliphatic rings. The van der Waals surface area contributed by atoms with Gasteiger partial charge in [-0.1, -0.05) is 6.07 Å². The quantitative estimate of drug-likeness (QED) is 0.834. The predicted molar refractivity (Wildman–Crippen MR) is 84.8 cm³/mol. The Balaban J connectivity index is 1.87. The van der Waals surface area contributed by atoms with Crippen LogP contribution in [-0.4, -0.2) is 33.1 Å². The van der Waals surface area contributed by atoms with Gasteiger partial charge in [-0.25, -0.2) is 0 Å². The van der Waals surface area contributed by atoms with Crippen molar-refractivity contribution in [3.8, 4) is 11.5 Å². The molecule has 0 amide bonds. The van der Waals surface area contributed by atoms with E-state index in [0.29, 0.717) is 11.5 Å². The van der Waals surface area contributed by atoms with Crippen LogP contribution in [0.3, 0.4) is 0 Å². The second-order valence-electron chi connectivity index (χ2n) is 5.32. The van der Waals surface area contributed by atoms with Crippen molar-refractivity contribution in [2.45, 2.75) is 12.8 Å². The van der Waals surface area contributed by atoms with Crippen LogP contribution in [0.5, 0.6) is 11.5 Å². The molecule has 116 valence electrons. The van der Waals surface area contributed by atoms with Crippen LogP contribution in [0.15, 0.2) is 35.2 Å². The van der Waals surface area contributed by atoms with Crippen LogP contribution in [0, 0.1) is 0 Å². The van der Waals surface area contributed by atoms with E-state index >= 15 is 0 Å². The number of ether oxygens (including phenoxy) is 2. The van der Waals surface area contributed by atoms with Crippen LogP contribution in [0.4, 0.5) is 0 Å². The average molecular weight is 300 g/mol. The number of carbonyl (C=O) groups is 1. The molecule has 1 saturated carbocycles. The molecular formula is C17H20N2O3. The van der Waals surface area contributed by atoms with Gasteiger partial charge in [0.25, 0.3) is 0 Å². The third-order valence-corrected chi connectivity index (χ3v) is 3.99. The third kappa shape index (κ3) is 2.66. The summed E-state index contributed by atoms with van der Waals surface area (Å²) in [6.07, 6.45) is 3.50. The van der Waals surface area contributed by atoms with Gasteiger partial charge in [-0.3, -0.25) is 4.79 Å². The summed E-state index contributed by atoms with van der Waals surface area (Å²) in [7, 11) is 3.21. The second kappa shape index (κ2) is 6.13. The number of Topliss-reactive ketones (excluding diaryl/α,β-unsaturated/α-hetero) is 1. The Morgan fingerprint density at radius 3 is 2.45 bits per heavy atom. The highest BCUT2D eigenvalue weighted by molar-refractivity contribution is 6.13. The van der Waals surface area contributed by atoms with Crippen LogP contribution in [0.25, 0.3) is 6.08 Å². The summed E-state index contributed by atoms with van der Waals surface area (Å²) >= 11 is 0. The normalized spacial score (nSPS) is 19.4. The summed E-state index contributed by atoms with van der Waals surface area (Å²) in [5.41, 5.74) is 2.65. The van der Waals surface area contributed by atoms with E-state index in [1.165, 1.54) is 0 Å². The molecule has 0 aromatic heterocycles. The zero-order chi connectivity index (χ0) is 15.5. The van der Waals surface area contributed by atoms with Gasteiger partial charge in [0.05, 0.1) is 14.2 Å². The number of allylic oxidation sites excluding steroid dienone is 2. The van der Waals surface area contributed by atoms with Gasteiger partial charge in [0.15, 0.2) is 17.3 Å². The Labute approximate surface area is 130 Å². The van der Waals surface area contributed by atoms with Crippen molar-refractivity contribution in [2.24, 2.45) is 0 Å². The van der Waals surface area contributed by atoms with Gasteiger partial charge >= 0.3 is 0 Å². The van der Waals surface area contributed by atoms with Gasteiger partial charge in [-0.2, -0.15) is 0 Å². The van der Waals surface area contributed by atoms with E-state index in [9.17, 15) is 4.79 Å². The number of nitrogens with one attached hydrogen (secondary N) is 2. The van der Waals surface area contributed by atoms with Gasteiger partial charge < -0.3 is 20.1 Å². The first-order chi connectivity index (χ1) is 10.7. The summed E-state index contributed by atoms with van der Waals surface area (Å²) in [5.74, 6) is 2.39. The Hall–Kier alpha value is -2.43. The van der Waals surface area contributed by atoms with E-state index in [1.807, 2.05) is 24.3 Å². The fourth-order valence-electron chi connectivity index (χ4n) is 2.85. The smallest absolute Gasteiger partial charge is 0.188 e. The number of benzene rings is 1. The van der Waals surface area contributed by atoms with Gasteiger partial charge in [0.2, 0.25) is 0 Å². The Kier molecular flexibility index (Phi) is 4.04. The van der Waals surface area contributed by atoms with Crippen molar-refractivity contribution < 1.29 is 14.3 Å².